The van der Waals surface area contributed by atoms with E-state index in [1.54, 1.807) is 5.32 Å². The summed E-state index contributed by atoms with van der Waals surface area (Å²) in [5.41, 5.74) is -3.96. The Morgan fingerprint density at radius 2 is 1.54 bits per heavy atom. The van der Waals surface area contributed by atoms with Crippen LogP contribution in [-0.2, 0) is 11.0 Å². The van der Waals surface area contributed by atoms with E-state index in [2.05, 4.69) is 4.74 Å². The van der Waals surface area contributed by atoms with Crippen LogP contribution in [-0.4, -0.2) is 43.1 Å². The van der Waals surface area contributed by atoms with E-state index in [1.165, 1.54) is 5.32 Å². The number of ether oxygens (including phenoxy) is 1. The van der Waals surface area contributed by atoms with Crippen molar-refractivity contribution in [1.82, 2.24) is 10.6 Å². The summed E-state index contributed by atoms with van der Waals surface area (Å²) in [5, 5.41) is 3.24. The van der Waals surface area contributed by atoms with E-state index in [9.17, 15) is 62.3 Å². The number of amides is 2. The minimum Gasteiger partial charge on any atom is -0.406 e. The lowest BCUT2D eigenvalue weighted by Crippen LogP contribution is -2.47. The number of halogens is 12. The summed E-state index contributed by atoms with van der Waals surface area (Å²) in [6, 6.07) is 2.86. The molecular formula is C24H18F12N2O3. The van der Waals surface area contributed by atoms with Gasteiger partial charge in [0.05, 0.1) is 17.0 Å². The summed E-state index contributed by atoms with van der Waals surface area (Å²) in [7, 11) is 0. The van der Waals surface area contributed by atoms with Crippen molar-refractivity contribution >= 4 is 17.9 Å². The van der Waals surface area contributed by atoms with Crippen molar-refractivity contribution in [1.29, 1.82) is 0 Å². The number of alkyl halides is 12. The second-order valence-electron chi connectivity index (χ2n) is 8.33. The molecule has 0 aliphatic rings. The van der Waals surface area contributed by atoms with Crippen molar-refractivity contribution in [2.45, 2.75) is 43.8 Å². The van der Waals surface area contributed by atoms with Gasteiger partial charge in [-0.1, -0.05) is 30.4 Å². The van der Waals surface area contributed by atoms with Gasteiger partial charge in [-0.15, -0.1) is 13.2 Å². The Morgan fingerprint density at radius 1 is 0.902 bits per heavy atom. The van der Waals surface area contributed by atoms with Gasteiger partial charge in [-0.3, -0.25) is 9.59 Å². The summed E-state index contributed by atoms with van der Waals surface area (Å²) in [5.74, 6) is -6.41. The predicted octanol–water partition coefficient (Wildman–Crippen LogP) is 6.76. The fourth-order valence-corrected chi connectivity index (χ4v) is 3.30. The first kappa shape index (κ1) is 33.3. The van der Waals surface area contributed by atoms with Crippen LogP contribution >= 0.6 is 0 Å². The average molecular weight is 610 g/mol. The van der Waals surface area contributed by atoms with Crippen LogP contribution < -0.4 is 15.4 Å². The van der Waals surface area contributed by atoms with Crippen molar-refractivity contribution in [3.8, 4) is 5.75 Å². The largest absolute Gasteiger partial charge is 0.573 e. The molecule has 2 rings (SSSR count). The predicted molar refractivity (Wildman–Crippen MR) is 118 cm³/mol. The van der Waals surface area contributed by atoms with Crippen LogP contribution in [0.2, 0.25) is 0 Å². The van der Waals surface area contributed by atoms with E-state index >= 15 is 0 Å². The fourth-order valence-electron chi connectivity index (χ4n) is 3.30. The Morgan fingerprint density at radius 3 is 2.07 bits per heavy atom. The van der Waals surface area contributed by atoms with Crippen molar-refractivity contribution < 1.29 is 67.0 Å². The van der Waals surface area contributed by atoms with Crippen LogP contribution in [0.3, 0.4) is 0 Å². The van der Waals surface area contributed by atoms with Crippen LogP contribution in [0, 0.1) is 0 Å². The monoisotopic (exact) mass is 610 g/mol. The van der Waals surface area contributed by atoms with E-state index in [-0.39, 0.29) is 0 Å². The summed E-state index contributed by atoms with van der Waals surface area (Å²) < 4.78 is 160. The van der Waals surface area contributed by atoms with Crippen molar-refractivity contribution in [3.63, 3.8) is 0 Å². The highest BCUT2D eigenvalue weighted by atomic mass is 19.4. The molecular weight excluding hydrogens is 592 g/mol. The maximum atomic E-state index is 13.7. The van der Waals surface area contributed by atoms with Gasteiger partial charge in [0.15, 0.2) is 0 Å². The number of nitrogens with one attached hydrogen (secondary N) is 2. The molecule has 0 saturated heterocycles. The summed E-state index contributed by atoms with van der Waals surface area (Å²) in [6.07, 6.45) is -19.4. The molecule has 2 unspecified atom stereocenters. The number of carbonyl (C=O) groups is 2. The Hall–Kier alpha value is -3.92. The van der Waals surface area contributed by atoms with Gasteiger partial charge in [0.1, 0.15) is 18.3 Å². The van der Waals surface area contributed by atoms with Gasteiger partial charge in [-0.2, -0.15) is 39.5 Å². The van der Waals surface area contributed by atoms with Gasteiger partial charge in [0.2, 0.25) is 5.91 Å². The van der Waals surface area contributed by atoms with Crippen molar-refractivity contribution in [3.05, 3.63) is 70.8 Å². The maximum Gasteiger partial charge on any atom is 0.573 e. The van der Waals surface area contributed by atoms with E-state index in [4.69, 9.17) is 0 Å². The SMILES string of the molecule is CC(NC(=O)c1ccc(C=CC(c2cccc(OC(F)(F)F)c2)C(F)(F)F)cc1C(F)(F)F)C(=O)NCC(F)(F)F. The molecule has 0 fully saturated rings. The second-order valence-corrected chi connectivity index (χ2v) is 8.33. The van der Waals surface area contributed by atoms with Gasteiger partial charge >= 0.3 is 24.9 Å². The highest BCUT2D eigenvalue weighted by molar-refractivity contribution is 5.99. The number of hydrogen-bond donors (Lipinski definition) is 2. The lowest BCUT2D eigenvalue weighted by Gasteiger charge is -2.19. The topological polar surface area (TPSA) is 67.4 Å². The summed E-state index contributed by atoms with van der Waals surface area (Å²) in [6.45, 7) is -0.862. The molecule has 0 saturated carbocycles. The van der Waals surface area contributed by atoms with Crippen molar-refractivity contribution in [2.24, 2.45) is 0 Å². The Balaban J connectivity index is 2.36. The Labute approximate surface area is 223 Å². The van der Waals surface area contributed by atoms with Crippen LogP contribution in [0.1, 0.15) is 39.9 Å². The first-order chi connectivity index (χ1) is 18.6. The molecule has 2 aromatic rings. The molecule has 2 N–H and O–H groups in total. The van der Waals surface area contributed by atoms with Gasteiger partial charge < -0.3 is 15.4 Å². The Kier molecular flexibility index (Phi) is 9.99. The third-order valence-electron chi connectivity index (χ3n) is 5.08. The number of carbonyl (C=O) groups excluding carboxylic acids is 2. The molecule has 0 spiro atoms. The van der Waals surface area contributed by atoms with E-state index in [1.807, 2.05) is 0 Å². The molecule has 0 radical (unpaired) electrons. The molecule has 226 valence electrons. The molecule has 0 aliphatic heterocycles. The molecule has 41 heavy (non-hydrogen) atoms. The first-order valence-electron chi connectivity index (χ1n) is 11.0. The van der Waals surface area contributed by atoms with Gasteiger partial charge in [-0.25, -0.2) is 0 Å². The van der Waals surface area contributed by atoms with Gasteiger partial charge in [0.25, 0.3) is 5.91 Å². The number of allylic oxidation sites excluding steroid dienone is 1. The molecule has 0 heterocycles. The molecule has 0 bridgehead atoms. The molecule has 2 aromatic carbocycles. The minimum absolute atomic E-state index is 0.302. The standard InChI is InChI=1S/C24H18F12N2O3/c1-12(19(39)37-11-21(25,26)27)38-20(40)16-7-5-13(9-18(16)23(31,32)33)6-8-17(22(28,29)30)14-3-2-4-15(10-14)41-24(34,35)36/h2-10,12,17H,11H2,1H3,(H,37,39)(H,38,40). The zero-order valence-corrected chi connectivity index (χ0v) is 20.3. The quantitative estimate of drug-likeness (QED) is 0.325. The minimum atomic E-state index is -5.25. The number of rotatable bonds is 8. The first-order valence-corrected chi connectivity index (χ1v) is 11.0. The van der Waals surface area contributed by atoms with E-state index in [0.717, 1.165) is 31.2 Å². The third kappa shape index (κ3) is 10.5. The average Bonchev–Trinajstić information content (AvgIpc) is 2.79. The molecule has 17 heteroatoms. The molecule has 5 nitrogen and oxygen atoms in total. The summed E-state index contributed by atoms with van der Waals surface area (Å²) >= 11 is 0. The molecule has 2 atom stereocenters. The Bertz CT molecular complexity index is 1260. The maximum absolute atomic E-state index is 13.7. The zero-order chi connectivity index (χ0) is 31.4. The van der Waals surface area contributed by atoms with Gasteiger partial charge in [-0.05, 0) is 42.3 Å². The van der Waals surface area contributed by atoms with E-state index in [0.29, 0.717) is 30.4 Å². The molecule has 0 aromatic heterocycles. The lowest BCUT2D eigenvalue weighted by atomic mass is 9.96. The lowest BCUT2D eigenvalue weighted by molar-refractivity contribution is -0.274. The third-order valence-corrected chi connectivity index (χ3v) is 5.08. The highest BCUT2D eigenvalue weighted by Crippen LogP contribution is 2.39. The summed E-state index contributed by atoms with van der Waals surface area (Å²) in [4.78, 5) is 24.1. The highest BCUT2D eigenvalue weighted by Gasteiger charge is 2.40. The number of benzene rings is 2. The van der Waals surface area contributed by atoms with Crippen LogP contribution in [0.5, 0.6) is 5.75 Å². The smallest absolute Gasteiger partial charge is 0.406 e. The second kappa shape index (κ2) is 12.3. The molecule has 2 amide bonds. The molecule has 0 aliphatic carbocycles. The van der Waals surface area contributed by atoms with Gasteiger partial charge in [0, 0.05) is 0 Å². The van der Waals surface area contributed by atoms with Crippen molar-refractivity contribution in [2.75, 3.05) is 6.54 Å². The van der Waals surface area contributed by atoms with Crippen LogP contribution in [0.4, 0.5) is 52.7 Å². The zero-order valence-electron chi connectivity index (χ0n) is 20.3. The normalized spacial score (nSPS) is 14.5. The number of hydrogen-bond acceptors (Lipinski definition) is 3. The fraction of sp³-hybridized carbons (Fsp3) is 0.333. The van der Waals surface area contributed by atoms with E-state index < -0.39 is 83.2 Å². The van der Waals surface area contributed by atoms with Crippen LogP contribution in [0.15, 0.2) is 48.5 Å². The van der Waals surface area contributed by atoms with Crippen LogP contribution in [0.25, 0.3) is 6.08 Å².